The number of nitrogens with two attached hydrogens (primary N) is 1. The molecule has 0 aliphatic heterocycles. The number of benzene rings is 1. The maximum atomic E-state index is 11.9. The number of primary amides is 1. The zero-order valence-corrected chi connectivity index (χ0v) is 10.9. The molecule has 0 bridgehead atoms. The van der Waals surface area contributed by atoms with Crippen LogP contribution in [0.25, 0.3) is 0 Å². The summed E-state index contributed by atoms with van der Waals surface area (Å²) in [5.41, 5.74) is 5.67. The Hall–Kier alpha value is -2.47. The maximum Gasteiger partial charge on any atom is 0.359 e. The second-order valence-electron chi connectivity index (χ2n) is 3.84. The van der Waals surface area contributed by atoms with Crippen LogP contribution in [0.15, 0.2) is 42.5 Å². The standard InChI is InChI=1S/C13H10ClN3O3/c14-10-7-6-9(16-17-10)13(19)20-11(12(15)18)8-4-2-1-3-5-8/h1-7,11H,(H2,15,18). The van der Waals surface area contributed by atoms with Crippen LogP contribution in [0.5, 0.6) is 0 Å². The highest BCUT2D eigenvalue weighted by Crippen LogP contribution is 2.18. The van der Waals surface area contributed by atoms with Gasteiger partial charge in [-0.1, -0.05) is 41.9 Å². The Bertz CT molecular complexity index is 617. The molecule has 6 nitrogen and oxygen atoms in total. The van der Waals surface area contributed by atoms with Crippen molar-refractivity contribution in [2.24, 2.45) is 5.73 Å². The Morgan fingerprint density at radius 1 is 1.10 bits per heavy atom. The van der Waals surface area contributed by atoms with Crippen LogP contribution < -0.4 is 5.73 Å². The van der Waals surface area contributed by atoms with E-state index >= 15 is 0 Å². The van der Waals surface area contributed by atoms with E-state index < -0.39 is 18.0 Å². The Labute approximate surface area is 119 Å². The summed E-state index contributed by atoms with van der Waals surface area (Å²) in [5.74, 6) is -1.58. The first-order valence-corrected chi connectivity index (χ1v) is 6.00. The molecule has 0 radical (unpaired) electrons. The number of aromatic nitrogens is 2. The number of halogens is 1. The van der Waals surface area contributed by atoms with Crippen LogP contribution in [0, 0.1) is 0 Å². The van der Waals surface area contributed by atoms with E-state index in [4.69, 9.17) is 22.1 Å². The number of rotatable bonds is 4. The van der Waals surface area contributed by atoms with Crippen LogP contribution in [0.3, 0.4) is 0 Å². The number of hydrogen-bond donors (Lipinski definition) is 1. The zero-order chi connectivity index (χ0) is 14.5. The third-order valence-electron chi connectivity index (χ3n) is 2.43. The number of hydrogen-bond acceptors (Lipinski definition) is 5. The molecule has 0 aliphatic carbocycles. The Balaban J connectivity index is 2.19. The van der Waals surface area contributed by atoms with Gasteiger partial charge in [0.25, 0.3) is 5.91 Å². The minimum absolute atomic E-state index is 0.0587. The molecule has 1 unspecified atom stereocenters. The smallest absolute Gasteiger partial charge is 0.359 e. The fraction of sp³-hybridized carbons (Fsp3) is 0.0769. The van der Waals surface area contributed by atoms with E-state index in [9.17, 15) is 9.59 Å². The van der Waals surface area contributed by atoms with Crippen molar-refractivity contribution in [1.29, 1.82) is 0 Å². The number of nitrogens with zero attached hydrogens (tertiary/aromatic N) is 2. The van der Waals surface area contributed by atoms with Gasteiger partial charge in [0.2, 0.25) is 6.10 Å². The number of ether oxygens (including phenoxy) is 1. The van der Waals surface area contributed by atoms with Gasteiger partial charge in [-0.3, -0.25) is 4.79 Å². The normalized spacial score (nSPS) is 11.7. The lowest BCUT2D eigenvalue weighted by molar-refractivity contribution is -0.127. The molecule has 1 heterocycles. The lowest BCUT2D eigenvalue weighted by atomic mass is 10.1. The third-order valence-corrected chi connectivity index (χ3v) is 2.63. The first kappa shape index (κ1) is 14.0. The number of amides is 1. The SMILES string of the molecule is NC(=O)C(OC(=O)c1ccc(Cl)nn1)c1ccccc1. The van der Waals surface area contributed by atoms with Crippen LogP contribution in [-0.2, 0) is 9.53 Å². The van der Waals surface area contributed by atoms with E-state index in [-0.39, 0.29) is 10.8 Å². The Kier molecular flexibility index (Phi) is 4.27. The van der Waals surface area contributed by atoms with Crippen molar-refractivity contribution in [2.45, 2.75) is 6.10 Å². The summed E-state index contributed by atoms with van der Waals surface area (Å²) < 4.78 is 5.06. The van der Waals surface area contributed by atoms with Crippen molar-refractivity contribution in [3.8, 4) is 0 Å². The summed E-state index contributed by atoms with van der Waals surface area (Å²) in [4.78, 5) is 23.3. The first-order chi connectivity index (χ1) is 9.58. The molecule has 0 fully saturated rings. The Morgan fingerprint density at radius 3 is 2.35 bits per heavy atom. The lowest BCUT2D eigenvalue weighted by Gasteiger charge is -2.14. The van der Waals surface area contributed by atoms with Crippen molar-refractivity contribution >= 4 is 23.5 Å². The highest BCUT2D eigenvalue weighted by molar-refractivity contribution is 6.29. The number of carbonyl (C=O) groups excluding carboxylic acids is 2. The molecule has 2 rings (SSSR count). The number of carbonyl (C=O) groups is 2. The minimum atomic E-state index is -1.18. The molecule has 7 heteroatoms. The first-order valence-electron chi connectivity index (χ1n) is 5.62. The second kappa shape index (κ2) is 6.12. The molecular formula is C13H10ClN3O3. The summed E-state index contributed by atoms with van der Waals surface area (Å²) in [6.07, 6.45) is -1.18. The predicted molar refractivity (Wildman–Crippen MR) is 70.8 cm³/mol. The molecule has 1 aromatic heterocycles. The van der Waals surface area contributed by atoms with E-state index in [1.807, 2.05) is 0 Å². The van der Waals surface area contributed by atoms with Crippen LogP contribution in [0.2, 0.25) is 5.15 Å². The van der Waals surface area contributed by atoms with Gasteiger partial charge in [0.1, 0.15) is 0 Å². The van der Waals surface area contributed by atoms with Crippen LogP contribution in [0.1, 0.15) is 22.2 Å². The molecule has 102 valence electrons. The van der Waals surface area contributed by atoms with E-state index in [1.165, 1.54) is 12.1 Å². The highest BCUT2D eigenvalue weighted by Gasteiger charge is 2.23. The van der Waals surface area contributed by atoms with Crippen LogP contribution >= 0.6 is 11.6 Å². The average molecular weight is 292 g/mol. The van der Waals surface area contributed by atoms with Crippen LogP contribution in [0.4, 0.5) is 0 Å². The van der Waals surface area contributed by atoms with Gasteiger partial charge in [0, 0.05) is 5.56 Å². The maximum absolute atomic E-state index is 11.9. The fourth-order valence-corrected chi connectivity index (χ4v) is 1.61. The van der Waals surface area contributed by atoms with Crippen molar-refractivity contribution in [1.82, 2.24) is 10.2 Å². The molecule has 1 atom stereocenters. The monoisotopic (exact) mass is 291 g/mol. The zero-order valence-electron chi connectivity index (χ0n) is 10.2. The molecular weight excluding hydrogens is 282 g/mol. The summed E-state index contributed by atoms with van der Waals surface area (Å²) in [5, 5.41) is 7.25. The van der Waals surface area contributed by atoms with Gasteiger partial charge in [0.05, 0.1) is 0 Å². The van der Waals surface area contributed by atoms with Gasteiger partial charge in [-0.15, -0.1) is 10.2 Å². The molecule has 0 saturated heterocycles. The fourth-order valence-electron chi connectivity index (χ4n) is 1.51. The van der Waals surface area contributed by atoms with Crippen molar-refractivity contribution < 1.29 is 14.3 Å². The predicted octanol–water partition coefficient (Wildman–Crippen LogP) is 1.51. The molecule has 0 spiro atoms. The van der Waals surface area contributed by atoms with E-state index in [0.29, 0.717) is 5.56 Å². The van der Waals surface area contributed by atoms with Gasteiger partial charge < -0.3 is 10.5 Å². The summed E-state index contributed by atoms with van der Waals surface area (Å²) in [6, 6.07) is 11.2. The summed E-state index contributed by atoms with van der Waals surface area (Å²) >= 11 is 5.57. The van der Waals surface area contributed by atoms with Crippen LogP contribution in [-0.4, -0.2) is 22.1 Å². The quantitative estimate of drug-likeness (QED) is 0.862. The van der Waals surface area contributed by atoms with Crippen molar-refractivity contribution in [3.05, 3.63) is 58.9 Å². The summed E-state index contributed by atoms with van der Waals surface area (Å²) in [6.45, 7) is 0. The molecule has 2 aromatic rings. The minimum Gasteiger partial charge on any atom is -0.443 e. The van der Waals surface area contributed by atoms with E-state index in [0.717, 1.165) is 0 Å². The molecule has 2 N–H and O–H groups in total. The molecule has 1 aromatic carbocycles. The molecule has 0 aliphatic rings. The average Bonchev–Trinajstić information content (AvgIpc) is 2.46. The van der Waals surface area contributed by atoms with Gasteiger partial charge in [-0.05, 0) is 12.1 Å². The van der Waals surface area contributed by atoms with E-state index in [1.54, 1.807) is 30.3 Å². The summed E-state index contributed by atoms with van der Waals surface area (Å²) in [7, 11) is 0. The highest BCUT2D eigenvalue weighted by atomic mass is 35.5. The van der Waals surface area contributed by atoms with Gasteiger partial charge >= 0.3 is 5.97 Å². The molecule has 0 saturated carbocycles. The molecule has 1 amide bonds. The van der Waals surface area contributed by atoms with Gasteiger partial charge in [0.15, 0.2) is 10.8 Å². The topological polar surface area (TPSA) is 95.2 Å². The lowest BCUT2D eigenvalue weighted by Crippen LogP contribution is -2.26. The Morgan fingerprint density at radius 2 is 1.80 bits per heavy atom. The van der Waals surface area contributed by atoms with Gasteiger partial charge in [-0.25, -0.2) is 4.79 Å². The third kappa shape index (κ3) is 3.30. The van der Waals surface area contributed by atoms with Gasteiger partial charge in [-0.2, -0.15) is 0 Å². The number of esters is 1. The largest absolute Gasteiger partial charge is 0.443 e. The van der Waals surface area contributed by atoms with E-state index in [2.05, 4.69) is 10.2 Å². The van der Waals surface area contributed by atoms with Crippen molar-refractivity contribution in [3.63, 3.8) is 0 Å². The molecule has 20 heavy (non-hydrogen) atoms. The van der Waals surface area contributed by atoms with Crippen molar-refractivity contribution in [2.75, 3.05) is 0 Å². The second-order valence-corrected chi connectivity index (χ2v) is 4.23.